The van der Waals surface area contributed by atoms with Crippen LogP contribution in [0, 0.1) is 17.5 Å². The highest BCUT2D eigenvalue weighted by Crippen LogP contribution is 2.39. The fourth-order valence-electron chi connectivity index (χ4n) is 3.01. The third-order valence-electron chi connectivity index (χ3n) is 4.12. The lowest BCUT2D eigenvalue weighted by Crippen LogP contribution is -2.44. The van der Waals surface area contributed by atoms with Gasteiger partial charge in [0.25, 0.3) is 0 Å². The van der Waals surface area contributed by atoms with Gasteiger partial charge in [0.1, 0.15) is 10.8 Å². The van der Waals surface area contributed by atoms with E-state index in [1.807, 2.05) is 5.38 Å². The second-order valence-electron chi connectivity index (χ2n) is 5.71. The van der Waals surface area contributed by atoms with Crippen LogP contribution in [0.5, 0.6) is 0 Å². The molecule has 0 spiro atoms. The van der Waals surface area contributed by atoms with Gasteiger partial charge < -0.3 is 5.32 Å². The van der Waals surface area contributed by atoms with Crippen molar-refractivity contribution in [3.8, 4) is 0 Å². The number of carbonyl (C=O) groups excluding carboxylic acids is 1. The lowest BCUT2D eigenvalue weighted by atomic mass is 9.97. The van der Waals surface area contributed by atoms with Gasteiger partial charge in [-0.2, -0.15) is 0 Å². The lowest BCUT2D eigenvalue weighted by molar-refractivity contribution is -0.122. The van der Waals surface area contributed by atoms with E-state index in [0.29, 0.717) is 6.07 Å². The van der Waals surface area contributed by atoms with Crippen LogP contribution in [-0.4, -0.2) is 10.9 Å². The van der Waals surface area contributed by atoms with Crippen LogP contribution in [0.15, 0.2) is 23.7 Å². The number of carbonyl (C=O) groups is 1. The third-order valence-corrected chi connectivity index (χ3v) is 5.10. The standard InChI is InChI=1S/C16H15F3N2OS/c17-11-9-13(19)12(18)7-10(11)8-14(22)21-16(3-1-2-4-16)15-20-5-6-23-15/h5-7,9H,1-4,8H2,(H,21,22). The molecule has 122 valence electrons. The van der Waals surface area contributed by atoms with Gasteiger partial charge in [0.15, 0.2) is 11.6 Å². The Morgan fingerprint density at radius 3 is 2.52 bits per heavy atom. The summed E-state index contributed by atoms with van der Waals surface area (Å²) in [7, 11) is 0. The van der Waals surface area contributed by atoms with Crippen molar-refractivity contribution >= 4 is 17.2 Å². The highest BCUT2D eigenvalue weighted by atomic mass is 32.1. The van der Waals surface area contributed by atoms with E-state index in [4.69, 9.17) is 0 Å². The summed E-state index contributed by atoms with van der Waals surface area (Å²) >= 11 is 1.47. The summed E-state index contributed by atoms with van der Waals surface area (Å²) in [6.07, 6.45) is 4.83. The van der Waals surface area contributed by atoms with Gasteiger partial charge in [-0.05, 0) is 18.9 Å². The molecule has 0 radical (unpaired) electrons. The van der Waals surface area contributed by atoms with Gasteiger partial charge in [-0.3, -0.25) is 4.79 Å². The number of hydrogen-bond acceptors (Lipinski definition) is 3. The van der Waals surface area contributed by atoms with E-state index in [1.165, 1.54) is 11.3 Å². The molecule has 3 rings (SSSR count). The van der Waals surface area contributed by atoms with Gasteiger partial charge in [0.2, 0.25) is 5.91 Å². The second kappa shape index (κ2) is 6.31. The molecular weight excluding hydrogens is 325 g/mol. The number of thiazole rings is 1. The van der Waals surface area contributed by atoms with Crippen LogP contribution in [0.25, 0.3) is 0 Å². The molecule has 3 nitrogen and oxygen atoms in total. The number of halogens is 3. The largest absolute Gasteiger partial charge is 0.344 e. The van der Waals surface area contributed by atoms with E-state index in [9.17, 15) is 18.0 Å². The predicted octanol–water partition coefficient (Wildman–Crippen LogP) is 3.69. The maximum absolute atomic E-state index is 13.7. The first-order valence-electron chi connectivity index (χ1n) is 7.34. The van der Waals surface area contributed by atoms with Crippen LogP contribution >= 0.6 is 11.3 Å². The van der Waals surface area contributed by atoms with Gasteiger partial charge in [-0.1, -0.05) is 12.8 Å². The molecule has 1 aromatic carbocycles. The van der Waals surface area contributed by atoms with Crippen molar-refractivity contribution in [2.24, 2.45) is 0 Å². The van der Waals surface area contributed by atoms with E-state index >= 15 is 0 Å². The Balaban J connectivity index is 1.77. The SMILES string of the molecule is O=C(Cc1cc(F)c(F)cc1F)NC1(c2nccs2)CCCC1. The number of hydrogen-bond donors (Lipinski definition) is 1. The summed E-state index contributed by atoms with van der Waals surface area (Å²) in [6.45, 7) is 0. The topological polar surface area (TPSA) is 42.0 Å². The van der Waals surface area contributed by atoms with E-state index < -0.39 is 28.9 Å². The van der Waals surface area contributed by atoms with E-state index in [0.717, 1.165) is 36.8 Å². The van der Waals surface area contributed by atoms with E-state index in [-0.39, 0.29) is 12.0 Å². The van der Waals surface area contributed by atoms with Crippen molar-refractivity contribution in [3.63, 3.8) is 0 Å². The monoisotopic (exact) mass is 340 g/mol. The Morgan fingerprint density at radius 2 is 1.87 bits per heavy atom. The molecule has 2 aromatic rings. The summed E-state index contributed by atoms with van der Waals surface area (Å²) in [5.74, 6) is -3.77. The molecule has 0 saturated heterocycles. The summed E-state index contributed by atoms with van der Waals surface area (Å²) in [5.41, 5.74) is -0.686. The highest BCUT2D eigenvalue weighted by molar-refractivity contribution is 7.09. The van der Waals surface area contributed by atoms with Gasteiger partial charge in [0.05, 0.1) is 12.0 Å². The van der Waals surface area contributed by atoms with Crippen LogP contribution in [-0.2, 0) is 16.8 Å². The van der Waals surface area contributed by atoms with Gasteiger partial charge >= 0.3 is 0 Å². The lowest BCUT2D eigenvalue weighted by Gasteiger charge is -2.28. The minimum absolute atomic E-state index is 0.159. The first kappa shape index (κ1) is 16.0. The zero-order valence-electron chi connectivity index (χ0n) is 12.2. The quantitative estimate of drug-likeness (QED) is 0.863. The van der Waals surface area contributed by atoms with Crippen LogP contribution in [0.2, 0.25) is 0 Å². The van der Waals surface area contributed by atoms with Crippen molar-refractivity contribution in [1.82, 2.24) is 10.3 Å². The molecule has 1 fully saturated rings. The van der Waals surface area contributed by atoms with Crippen LogP contribution < -0.4 is 5.32 Å². The highest BCUT2D eigenvalue weighted by Gasteiger charge is 2.39. The van der Waals surface area contributed by atoms with Crippen molar-refractivity contribution in [3.05, 3.63) is 51.7 Å². The predicted molar refractivity (Wildman–Crippen MR) is 80.4 cm³/mol. The normalized spacial score (nSPS) is 16.5. The van der Waals surface area contributed by atoms with Crippen molar-refractivity contribution < 1.29 is 18.0 Å². The van der Waals surface area contributed by atoms with Gasteiger partial charge in [0, 0.05) is 23.2 Å². The number of aromatic nitrogens is 1. The van der Waals surface area contributed by atoms with E-state index in [2.05, 4.69) is 10.3 Å². The minimum atomic E-state index is -1.26. The van der Waals surface area contributed by atoms with Gasteiger partial charge in [-0.15, -0.1) is 11.3 Å². The Hall–Kier alpha value is -1.89. The number of rotatable bonds is 4. The fourth-order valence-corrected chi connectivity index (χ4v) is 3.87. The Labute approximate surface area is 135 Å². The van der Waals surface area contributed by atoms with Gasteiger partial charge in [-0.25, -0.2) is 18.2 Å². The first-order chi connectivity index (χ1) is 11.0. The molecule has 1 amide bonds. The molecule has 0 unspecified atom stereocenters. The molecule has 0 bridgehead atoms. The zero-order chi connectivity index (χ0) is 16.4. The van der Waals surface area contributed by atoms with Crippen molar-refractivity contribution in [1.29, 1.82) is 0 Å². The van der Waals surface area contributed by atoms with Crippen molar-refractivity contribution in [2.75, 3.05) is 0 Å². The average Bonchev–Trinajstić information content (AvgIpc) is 3.16. The van der Waals surface area contributed by atoms with E-state index in [1.54, 1.807) is 6.20 Å². The average molecular weight is 340 g/mol. The molecule has 23 heavy (non-hydrogen) atoms. The maximum Gasteiger partial charge on any atom is 0.225 e. The molecule has 1 N–H and O–H groups in total. The molecule has 1 aliphatic carbocycles. The zero-order valence-corrected chi connectivity index (χ0v) is 13.1. The summed E-state index contributed by atoms with van der Waals surface area (Å²) in [6, 6.07) is 1.19. The molecule has 7 heteroatoms. The van der Waals surface area contributed by atoms with Crippen LogP contribution in [0.1, 0.15) is 36.3 Å². The number of amides is 1. The molecule has 0 atom stereocenters. The molecule has 0 aliphatic heterocycles. The number of nitrogens with zero attached hydrogens (tertiary/aromatic N) is 1. The summed E-state index contributed by atoms with van der Waals surface area (Å²) in [4.78, 5) is 16.6. The van der Waals surface area contributed by atoms with Crippen molar-refractivity contribution in [2.45, 2.75) is 37.6 Å². The molecule has 1 aliphatic rings. The molecule has 1 heterocycles. The molecule has 1 saturated carbocycles. The summed E-state index contributed by atoms with van der Waals surface area (Å²) in [5, 5.41) is 5.60. The Kier molecular flexibility index (Phi) is 4.39. The molecule has 1 aromatic heterocycles. The number of benzene rings is 1. The smallest absolute Gasteiger partial charge is 0.225 e. The second-order valence-corrected chi connectivity index (χ2v) is 6.60. The summed E-state index contributed by atoms with van der Waals surface area (Å²) < 4.78 is 39.9. The third kappa shape index (κ3) is 3.24. The first-order valence-corrected chi connectivity index (χ1v) is 8.22. The fraction of sp³-hybridized carbons (Fsp3) is 0.375. The van der Waals surface area contributed by atoms with Crippen LogP contribution in [0.4, 0.5) is 13.2 Å². The maximum atomic E-state index is 13.7. The Bertz CT molecular complexity index is 712. The number of nitrogens with one attached hydrogen (secondary N) is 1. The Morgan fingerprint density at radius 1 is 1.17 bits per heavy atom. The molecular formula is C16H15F3N2OS. The van der Waals surface area contributed by atoms with Crippen LogP contribution in [0.3, 0.4) is 0 Å². The minimum Gasteiger partial charge on any atom is -0.344 e.